The number of carbonyl (C=O) groups excluding carboxylic acids is 1. The van der Waals surface area contributed by atoms with Crippen LogP contribution >= 0.6 is 0 Å². The van der Waals surface area contributed by atoms with Gasteiger partial charge in [0.05, 0.1) is 5.41 Å². The second kappa shape index (κ2) is 5.62. The molecule has 2 heterocycles. The Kier molecular flexibility index (Phi) is 3.53. The first-order chi connectivity index (χ1) is 12.0. The SMILES string of the molecule is CC1(C(=O)O)CCCN(C(=O)c2cc3c(ccc4ccccc43)[nH]2)C1. The molecule has 1 aromatic heterocycles. The number of piperidine rings is 1. The van der Waals surface area contributed by atoms with Gasteiger partial charge in [0.25, 0.3) is 5.91 Å². The number of aromatic amines is 1. The molecular formula is C20H20N2O3. The number of H-pyrrole nitrogens is 1. The Bertz CT molecular complexity index is 991. The van der Waals surface area contributed by atoms with E-state index in [-0.39, 0.29) is 12.5 Å². The van der Waals surface area contributed by atoms with Crippen LogP contribution in [0.4, 0.5) is 0 Å². The second-order valence-electron chi connectivity index (χ2n) is 7.13. The monoisotopic (exact) mass is 336 g/mol. The fraction of sp³-hybridized carbons (Fsp3) is 0.300. The lowest BCUT2D eigenvalue weighted by molar-refractivity contribution is -0.150. The molecule has 0 spiro atoms. The molecule has 4 rings (SSSR count). The van der Waals surface area contributed by atoms with Gasteiger partial charge in [-0.3, -0.25) is 9.59 Å². The molecule has 5 nitrogen and oxygen atoms in total. The number of amides is 1. The normalized spacial score (nSPS) is 20.9. The predicted octanol–water partition coefficient (Wildman–Crippen LogP) is 3.65. The van der Waals surface area contributed by atoms with Gasteiger partial charge >= 0.3 is 5.97 Å². The first kappa shape index (κ1) is 15.7. The number of fused-ring (bicyclic) bond motifs is 3. The molecule has 1 fully saturated rings. The molecule has 1 aliphatic rings. The van der Waals surface area contributed by atoms with Crippen LogP contribution in [0.5, 0.6) is 0 Å². The first-order valence-electron chi connectivity index (χ1n) is 8.51. The van der Waals surface area contributed by atoms with Crippen molar-refractivity contribution in [1.82, 2.24) is 9.88 Å². The van der Waals surface area contributed by atoms with Gasteiger partial charge in [-0.2, -0.15) is 0 Å². The van der Waals surface area contributed by atoms with Gasteiger partial charge in [0.1, 0.15) is 5.69 Å². The van der Waals surface area contributed by atoms with Gasteiger partial charge < -0.3 is 15.0 Å². The van der Waals surface area contributed by atoms with Crippen LogP contribution in [-0.2, 0) is 4.79 Å². The van der Waals surface area contributed by atoms with Crippen molar-refractivity contribution >= 4 is 33.6 Å². The zero-order valence-corrected chi connectivity index (χ0v) is 14.1. The third-order valence-corrected chi connectivity index (χ3v) is 5.26. The summed E-state index contributed by atoms with van der Waals surface area (Å²) >= 11 is 0. The number of aromatic nitrogens is 1. The van der Waals surface area contributed by atoms with E-state index in [9.17, 15) is 14.7 Å². The lowest BCUT2D eigenvalue weighted by atomic mass is 9.82. The Morgan fingerprint density at radius 3 is 2.76 bits per heavy atom. The van der Waals surface area contributed by atoms with Crippen molar-refractivity contribution in [2.45, 2.75) is 19.8 Å². The van der Waals surface area contributed by atoms with Crippen molar-refractivity contribution < 1.29 is 14.7 Å². The van der Waals surface area contributed by atoms with Gasteiger partial charge in [0, 0.05) is 24.0 Å². The molecule has 0 aliphatic carbocycles. The van der Waals surface area contributed by atoms with Gasteiger partial charge in [-0.05, 0) is 42.7 Å². The van der Waals surface area contributed by atoms with Gasteiger partial charge in [-0.15, -0.1) is 0 Å². The number of nitrogens with zero attached hydrogens (tertiary/aromatic N) is 1. The van der Waals surface area contributed by atoms with Crippen LogP contribution < -0.4 is 0 Å². The molecule has 0 saturated carbocycles. The van der Waals surface area contributed by atoms with Crippen molar-refractivity contribution in [1.29, 1.82) is 0 Å². The van der Waals surface area contributed by atoms with E-state index >= 15 is 0 Å². The Labute approximate surface area is 145 Å². The van der Waals surface area contributed by atoms with Crippen molar-refractivity contribution in [2.24, 2.45) is 5.41 Å². The molecule has 128 valence electrons. The van der Waals surface area contributed by atoms with Crippen LogP contribution in [0.25, 0.3) is 21.7 Å². The zero-order valence-electron chi connectivity index (χ0n) is 14.1. The summed E-state index contributed by atoms with van der Waals surface area (Å²) in [6.07, 6.45) is 1.31. The Balaban J connectivity index is 1.71. The fourth-order valence-electron chi connectivity index (χ4n) is 3.76. The minimum atomic E-state index is -0.868. The minimum Gasteiger partial charge on any atom is -0.481 e. The van der Waals surface area contributed by atoms with Crippen molar-refractivity contribution in [3.63, 3.8) is 0 Å². The molecule has 0 radical (unpaired) electrons. The maximum absolute atomic E-state index is 12.9. The lowest BCUT2D eigenvalue weighted by Gasteiger charge is -2.37. The molecule has 2 N–H and O–H groups in total. The largest absolute Gasteiger partial charge is 0.481 e. The number of carbonyl (C=O) groups is 2. The molecule has 1 saturated heterocycles. The van der Waals surface area contributed by atoms with Crippen molar-refractivity contribution in [2.75, 3.05) is 13.1 Å². The Morgan fingerprint density at radius 2 is 1.96 bits per heavy atom. The molecule has 3 aromatic rings. The van der Waals surface area contributed by atoms with Crippen LogP contribution in [0.3, 0.4) is 0 Å². The lowest BCUT2D eigenvalue weighted by Crippen LogP contribution is -2.48. The smallest absolute Gasteiger partial charge is 0.311 e. The Hall–Kier alpha value is -2.82. The molecule has 1 amide bonds. The van der Waals surface area contributed by atoms with Crippen molar-refractivity contribution in [3.05, 3.63) is 48.2 Å². The molecule has 25 heavy (non-hydrogen) atoms. The molecular weight excluding hydrogens is 316 g/mol. The number of carboxylic acid groups (broad SMARTS) is 1. The topological polar surface area (TPSA) is 73.4 Å². The number of carboxylic acids is 1. The fourth-order valence-corrected chi connectivity index (χ4v) is 3.76. The van der Waals surface area contributed by atoms with Crippen LogP contribution in [0, 0.1) is 5.41 Å². The predicted molar refractivity (Wildman–Crippen MR) is 96.7 cm³/mol. The minimum absolute atomic E-state index is 0.132. The number of rotatable bonds is 2. The standard InChI is InChI=1S/C20H20N2O3/c1-20(19(24)25)9-4-10-22(12-20)18(23)17-11-15-14-6-3-2-5-13(14)7-8-16(15)21-17/h2-3,5-8,11,21H,4,9-10,12H2,1H3,(H,24,25). The number of nitrogens with one attached hydrogen (secondary N) is 1. The van der Waals surface area contributed by atoms with E-state index in [0.717, 1.165) is 21.7 Å². The summed E-state index contributed by atoms with van der Waals surface area (Å²) < 4.78 is 0. The van der Waals surface area contributed by atoms with E-state index in [1.54, 1.807) is 11.8 Å². The van der Waals surface area contributed by atoms with Gasteiger partial charge in [-0.25, -0.2) is 0 Å². The van der Waals surface area contributed by atoms with E-state index in [2.05, 4.69) is 4.98 Å². The summed E-state index contributed by atoms with van der Waals surface area (Å²) in [6, 6.07) is 14.0. The maximum Gasteiger partial charge on any atom is 0.311 e. The van der Waals surface area contributed by atoms with E-state index in [0.29, 0.717) is 25.1 Å². The summed E-state index contributed by atoms with van der Waals surface area (Å²) in [6.45, 7) is 2.56. The summed E-state index contributed by atoms with van der Waals surface area (Å²) in [5.74, 6) is -0.972. The summed E-state index contributed by atoms with van der Waals surface area (Å²) in [4.78, 5) is 29.3. The van der Waals surface area contributed by atoms with E-state index in [1.165, 1.54) is 0 Å². The van der Waals surface area contributed by atoms with E-state index < -0.39 is 11.4 Å². The van der Waals surface area contributed by atoms with Crippen LogP contribution in [0.1, 0.15) is 30.3 Å². The highest BCUT2D eigenvalue weighted by molar-refractivity contribution is 6.09. The summed E-state index contributed by atoms with van der Waals surface area (Å²) in [5.41, 5.74) is 0.563. The molecule has 2 aromatic carbocycles. The number of hydrogen-bond donors (Lipinski definition) is 2. The first-order valence-corrected chi connectivity index (χ1v) is 8.51. The van der Waals surface area contributed by atoms with E-state index in [4.69, 9.17) is 0 Å². The van der Waals surface area contributed by atoms with Crippen molar-refractivity contribution in [3.8, 4) is 0 Å². The molecule has 0 bridgehead atoms. The summed E-state index contributed by atoms with van der Waals surface area (Å²) in [5, 5.41) is 12.7. The average molecular weight is 336 g/mol. The van der Waals surface area contributed by atoms with Crippen LogP contribution in [-0.4, -0.2) is 40.0 Å². The molecule has 1 aliphatic heterocycles. The second-order valence-corrected chi connectivity index (χ2v) is 7.13. The number of benzene rings is 2. The van der Waals surface area contributed by atoms with Crippen LogP contribution in [0.2, 0.25) is 0 Å². The molecule has 5 heteroatoms. The van der Waals surface area contributed by atoms with Crippen LogP contribution in [0.15, 0.2) is 42.5 Å². The Morgan fingerprint density at radius 1 is 1.16 bits per heavy atom. The third-order valence-electron chi connectivity index (χ3n) is 5.26. The molecule has 1 atom stereocenters. The summed E-state index contributed by atoms with van der Waals surface area (Å²) in [7, 11) is 0. The van der Waals surface area contributed by atoms with Gasteiger partial charge in [0.2, 0.25) is 0 Å². The highest BCUT2D eigenvalue weighted by atomic mass is 16.4. The van der Waals surface area contributed by atoms with Gasteiger partial charge in [0.15, 0.2) is 0 Å². The molecule has 1 unspecified atom stereocenters. The quantitative estimate of drug-likeness (QED) is 0.750. The third kappa shape index (κ3) is 2.56. The number of aliphatic carboxylic acids is 1. The van der Waals surface area contributed by atoms with E-state index in [1.807, 2.05) is 42.5 Å². The van der Waals surface area contributed by atoms with Gasteiger partial charge in [-0.1, -0.05) is 30.3 Å². The zero-order chi connectivity index (χ0) is 17.6. The highest BCUT2D eigenvalue weighted by Gasteiger charge is 2.39. The average Bonchev–Trinajstić information content (AvgIpc) is 3.05. The number of hydrogen-bond acceptors (Lipinski definition) is 2. The maximum atomic E-state index is 12.9. The highest BCUT2D eigenvalue weighted by Crippen LogP contribution is 2.31. The number of likely N-dealkylation sites (tertiary alicyclic amines) is 1.